The van der Waals surface area contributed by atoms with E-state index in [0.29, 0.717) is 11.1 Å². The summed E-state index contributed by atoms with van der Waals surface area (Å²) in [5.41, 5.74) is 2.87. The van der Waals surface area contributed by atoms with Crippen molar-refractivity contribution in [1.29, 1.82) is 0 Å². The highest BCUT2D eigenvalue weighted by molar-refractivity contribution is 6.29. The molecule has 104 valence electrons. The number of aromatic nitrogens is 2. The van der Waals surface area contributed by atoms with Gasteiger partial charge in [0.25, 0.3) is 0 Å². The van der Waals surface area contributed by atoms with Crippen molar-refractivity contribution in [1.82, 2.24) is 9.97 Å². The van der Waals surface area contributed by atoms with Crippen molar-refractivity contribution in [2.45, 2.75) is 25.6 Å². The van der Waals surface area contributed by atoms with Crippen molar-refractivity contribution in [2.24, 2.45) is 5.92 Å². The number of rotatable bonds is 0. The number of furan rings is 1. The molecule has 0 saturated heterocycles. The minimum absolute atomic E-state index is 0.217. The second kappa shape index (κ2) is 4.61. The zero-order chi connectivity index (χ0) is 14.5. The summed E-state index contributed by atoms with van der Waals surface area (Å²) in [6, 6.07) is 0. The summed E-state index contributed by atoms with van der Waals surface area (Å²) in [6.07, 6.45) is 8.03. The summed E-state index contributed by atoms with van der Waals surface area (Å²) >= 11 is 12.5. The van der Waals surface area contributed by atoms with Crippen molar-refractivity contribution >= 4 is 46.5 Å². The summed E-state index contributed by atoms with van der Waals surface area (Å²) in [5, 5.41) is 1.09. The van der Waals surface area contributed by atoms with E-state index in [0.717, 1.165) is 16.3 Å². The highest BCUT2D eigenvalue weighted by Gasteiger charge is 2.19. The lowest BCUT2D eigenvalue weighted by molar-refractivity contribution is 0.566. The second-order valence-electron chi connectivity index (χ2n) is 5.32. The Bertz CT molecular complexity index is 834. The van der Waals surface area contributed by atoms with Crippen LogP contribution < -0.4 is 10.6 Å². The second-order valence-corrected chi connectivity index (χ2v) is 6.47. The Balaban J connectivity index is 2.51. The number of hydrogen-bond donors (Lipinski definition) is 0. The molecule has 0 bridgehead atoms. The van der Waals surface area contributed by atoms with Crippen molar-refractivity contribution in [2.75, 3.05) is 0 Å². The van der Waals surface area contributed by atoms with Gasteiger partial charge in [0.1, 0.15) is 10.9 Å². The summed E-state index contributed by atoms with van der Waals surface area (Å²) in [4.78, 5) is 7.85. The first-order chi connectivity index (χ1) is 9.35. The maximum Gasteiger partial charge on any atom is 0.223 e. The highest BCUT2D eigenvalue weighted by Crippen LogP contribution is 2.22. The summed E-state index contributed by atoms with van der Waals surface area (Å²) in [6.45, 7) is 5.87. The average Bonchev–Trinajstić information content (AvgIpc) is 2.64. The number of alkyl halides is 1. The Hall–Kier alpha value is -1.32. The first-order valence-corrected chi connectivity index (χ1v) is 7.17. The van der Waals surface area contributed by atoms with E-state index in [-0.39, 0.29) is 11.2 Å². The van der Waals surface area contributed by atoms with E-state index in [1.807, 2.05) is 32.1 Å². The molecule has 20 heavy (non-hydrogen) atoms. The molecule has 0 N–H and O–H groups in total. The lowest BCUT2D eigenvalue weighted by atomic mass is 10.0. The molecule has 1 aliphatic rings. The van der Waals surface area contributed by atoms with Crippen LogP contribution in [0.3, 0.4) is 0 Å². The number of fused-ring (bicyclic) bond motifs is 3. The Morgan fingerprint density at radius 3 is 2.85 bits per heavy atom. The van der Waals surface area contributed by atoms with Crippen LogP contribution in [-0.4, -0.2) is 14.8 Å². The van der Waals surface area contributed by atoms with E-state index in [9.17, 15) is 0 Å². The Kier molecular flexibility index (Phi) is 3.14. The van der Waals surface area contributed by atoms with Gasteiger partial charge in [0.2, 0.25) is 5.28 Å². The predicted molar refractivity (Wildman–Crippen MR) is 82.3 cm³/mol. The molecular formula is C15H14Cl2N2O. The SMILES string of the molecule is Cc1nc(Cl)nc2c3/c(oc12)=C\C(C)/C=C\C(C)(Cl)\C=3. The lowest BCUT2D eigenvalue weighted by Gasteiger charge is -2.13. The van der Waals surface area contributed by atoms with Gasteiger partial charge in [-0.2, -0.15) is 0 Å². The van der Waals surface area contributed by atoms with Gasteiger partial charge in [-0.3, -0.25) is 0 Å². The van der Waals surface area contributed by atoms with E-state index < -0.39 is 4.87 Å². The van der Waals surface area contributed by atoms with Crippen LogP contribution in [0.1, 0.15) is 19.5 Å². The first-order valence-electron chi connectivity index (χ1n) is 6.41. The fourth-order valence-electron chi connectivity index (χ4n) is 2.34. The molecule has 1 aliphatic carbocycles. The Morgan fingerprint density at radius 2 is 2.10 bits per heavy atom. The minimum Gasteiger partial charge on any atom is -0.453 e. The molecule has 0 saturated carbocycles. The number of halogens is 2. The molecule has 2 unspecified atom stereocenters. The molecule has 3 rings (SSSR count). The number of aryl methyl sites for hydroxylation is 1. The van der Waals surface area contributed by atoms with Crippen molar-refractivity contribution in [3.05, 3.63) is 33.8 Å². The normalized spacial score (nSPS) is 30.6. The maximum atomic E-state index is 6.50. The zero-order valence-corrected chi connectivity index (χ0v) is 13.0. The molecule has 2 aromatic rings. The third-order valence-corrected chi connectivity index (χ3v) is 3.71. The van der Waals surface area contributed by atoms with Crippen LogP contribution in [0.2, 0.25) is 5.28 Å². The molecule has 5 heteroatoms. The summed E-state index contributed by atoms with van der Waals surface area (Å²) in [7, 11) is 0. The molecule has 3 nitrogen and oxygen atoms in total. The third-order valence-electron chi connectivity index (χ3n) is 3.31. The van der Waals surface area contributed by atoms with Crippen LogP contribution in [0.15, 0.2) is 16.6 Å². The molecule has 0 fully saturated rings. The van der Waals surface area contributed by atoms with Gasteiger partial charge in [-0.15, -0.1) is 11.6 Å². The van der Waals surface area contributed by atoms with Crippen LogP contribution in [0.5, 0.6) is 0 Å². The van der Waals surface area contributed by atoms with E-state index >= 15 is 0 Å². The van der Waals surface area contributed by atoms with Gasteiger partial charge in [0.15, 0.2) is 5.58 Å². The van der Waals surface area contributed by atoms with Gasteiger partial charge < -0.3 is 4.42 Å². The topological polar surface area (TPSA) is 38.9 Å². The van der Waals surface area contributed by atoms with Crippen molar-refractivity contribution < 1.29 is 4.42 Å². The Morgan fingerprint density at radius 1 is 1.35 bits per heavy atom. The van der Waals surface area contributed by atoms with Crippen LogP contribution in [0.25, 0.3) is 23.3 Å². The smallest absolute Gasteiger partial charge is 0.223 e. The fraction of sp³-hybridized carbons (Fsp3) is 0.333. The van der Waals surface area contributed by atoms with Crippen molar-refractivity contribution in [3.63, 3.8) is 0 Å². The quantitative estimate of drug-likeness (QED) is 0.427. The molecule has 0 aromatic carbocycles. The van der Waals surface area contributed by atoms with Gasteiger partial charge in [0.05, 0.1) is 10.6 Å². The van der Waals surface area contributed by atoms with E-state index in [4.69, 9.17) is 27.6 Å². The van der Waals surface area contributed by atoms with Crippen LogP contribution in [-0.2, 0) is 0 Å². The van der Waals surface area contributed by atoms with E-state index in [2.05, 4.69) is 23.0 Å². The molecule has 2 aromatic heterocycles. The number of hydrogen-bond acceptors (Lipinski definition) is 3. The van der Waals surface area contributed by atoms with E-state index in [1.54, 1.807) is 0 Å². The lowest BCUT2D eigenvalue weighted by Crippen LogP contribution is -2.27. The molecular weight excluding hydrogens is 295 g/mol. The largest absolute Gasteiger partial charge is 0.453 e. The molecule has 0 amide bonds. The molecule has 2 heterocycles. The first kappa shape index (κ1) is 13.7. The van der Waals surface area contributed by atoms with Gasteiger partial charge in [0, 0.05) is 5.22 Å². The summed E-state index contributed by atoms with van der Waals surface area (Å²) < 4.78 is 5.91. The third kappa shape index (κ3) is 2.36. The zero-order valence-electron chi connectivity index (χ0n) is 11.4. The molecule has 2 atom stereocenters. The van der Waals surface area contributed by atoms with Gasteiger partial charge in [-0.25, -0.2) is 9.97 Å². The highest BCUT2D eigenvalue weighted by atomic mass is 35.5. The molecule has 0 aliphatic heterocycles. The monoisotopic (exact) mass is 308 g/mol. The summed E-state index contributed by atoms with van der Waals surface area (Å²) in [5.74, 6) is 0.227. The van der Waals surface area contributed by atoms with Crippen LogP contribution in [0, 0.1) is 12.8 Å². The van der Waals surface area contributed by atoms with Gasteiger partial charge in [-0.1, -0.05) is 19.1 Å². The van der Waals surface area contributed by atoms with Gasteiger partial charge >= 0.3 is 0 Å². The molecule has 0 spiro atoms. The minimum atomic E-state index is -0.584. The number of nitrogens with zero attached hydrogens (tertiary/aromatic N) is 2. The van der Waals surface area contributed by atoms with Crippen molar-refractivity contribution in [3.8, 4) is 0 Å². The average molecular weight is 309 g/mol. The van der Waals surface area contributed by atoms with Gasteiger partial charge in [-0.05, 0) is 43.5 Å². The number of allylic oxidation sites excluding steroid dienone is 2. The predicted octanol–water partition coefficient (Wildman–Crippen LogP) is 2.95. The fourth-order valence-corrected chi connectivity index (χ4v) is 2.74. The van der Waals surface area contributed by atoms with Crippen LogP contribution >= 0.6 is 23.2 Å². The molecule has 0 radical (unpaired) electrons. The standard InChI is InChI=1S/C15H14Cl2N2O/c1-8-4-5-15(3,17)7-10-11(6-8)20-13-9(2)18-14(16)19-12(10)13/h4-8H,1-3H3/b5-4-,10-7+,11-6+. The van der Waals surface area contributed by atoms with E-state index in [1.165, 1.54) is 0 Å². The maximum absolute atomic E-state index is 6.50. The Labute approximate surface area is 126 Å². The van der Waals surface area contributed by atoms with Crippen LogP contribution in [0.4, 0.5) is 0 Å².